The third kappa shape index (κ3) is 1.79. The summed E-state index contributed by atoms with van der Waals surface area (Å²) in [5.74, 6) is 0.613. The van der Waals surface area contributed by atoms with Crippen molar-refractivity contribution in [3.63, 3.8) is 0 Å². The summed E-state index contributed by atoms with van der Waals surface area (Å²) in [5, 5.41) is 0. The summed E-state index contributed by atoms with van der Waals surface area (Å²) >= 11 is 0. The van der Waals surface area contributed by atoms with Crippen molar-refractivity contribution in [2.45, 2.75) is 39.2 Å². The molecule has 1 aromatic rings. The van der Waals surface area contributed by atoms with E-state index in [1.807, 2.05) is 26.0 Å². The lowest BCUT2D eigenvalue weighted by Crippen LogP contribution is -2.30. The number of benzene rings is 1. The van der Waals surface area contributed by atoms with Crippen LogP contribution in [0, 0.1) is 6.92 Å². The summed E-state index contributed by atoms with van der Waals surface area (Å²) < 4.78 is 10.8. The summed E-state index contributed by atoms with van der Waals surface area (Å²) in [6, 6.07) is 4.01. The first-order valence-electron chi connectivity index (χ1n) is 5.98. The first-order valence-corrected chi connectivity index (χ1v) is 5.98. The van der Waals surface area contributed by atoms with Gasteiger partial charge in [-0.1, -0.05) is 26.0 Å². The third-order valence-corrected chi connectivity index (χ3v) is 3.50. The van der Waals surface area contributed by atoms with E-state index in [4.69, 9.17) is 9.47 Å². The average molecular weight is 234 g/mol. The van der Waals surface area contributed by atoms with Gasteiger partial charge in [0.05, 0.1) is 7.11 Å². The molecule has 0 unspecified atom stereocenters. The van der Waals surface area contributed by atoms with E-state index < -0.39 is 0 Å². The highest BCUT2D eigenvalue weighted by Gasteiger charge is 2.34. The van der Waals surface area contributed by atoms with Crippen molar-refractivity contribution >= 4 is 5.97 Å². The largest absolute Gasteiger partial charge is 0.496 e. The Bertz CT molecular complexity index is 451. The van der Waals surface area contributed by atoms with E-state index in [1.165, 1.54) is 0 Å². The minimum Gasteiger partial charge on any atom is -0.496 e. The topological polar surface area (TPSA) is 35.5 Å². The lowest BCUT2D eigenvalue weighted by atomic mass is 9.86. The molecule has 0 aliphatic carbocycles. The van der Waals surface area contributed by atoms with Crippen molar-refractivity contribution in [1.82, 2.24) is 0 Å². The van der Waals surface area contributed by atoms with Crippen molar-refractivity contribution in [2.75, 3.05) is 7.11 Å². The Morgan fingerprint density at radius 2 is 2.12 bits per heavy atom. The monoisotopic (exact) mass is 234 g/mol. The molecule has 0 radical (unpaired) electrons. The van der Waals surface area contributed by atoms with Crippen molar-refractivity contribution in [1.29, 1.82) is 0 Å². The number of ether oxygens (including phenoxy) is 2. The smallest absolute Gasteiger partial charge is 0.342 e. The highest BCUT2D eigenvalue weighted by atomic mass is 16.5. The maximum Gasteiger partial charge on any atom is 0.342 e. The normalized spacial score (nSPS) is 22.9. The Kier molecular flexibility index (Phi) is 3.09. The van der Waals surface area contributed by atoms with E-state index in [0.717, 1.165) is 17.5 Å². The van der Waals surface area contributed by atoms with E-state index in [-0.39, 0.29) is 18.0 Å². The quantitative estimate of drug-likeness (QED) is 0.738. The fraction of sp³-hybridized carbons (Fsp3) is 0.500. The van der Waals surface area contributed by atoms with E-state index in [2.05, 4.69) is 6.92 Å². The van der Waals surface area contributed by atoms with Crippen LogP contribution in [0.5, 0.6) is 5.75 Å². The third-order valence-electron chi connectivity index (χ3n) is 3.50. The van der Waals surface area contributed by atoms with Gasteiger partial charge in [-0.05, 0) is 24.5 Å². The fourth-order valence-corrected chi connectivity index (χ4v) is 2.49. The predicted octanol–water partition coefficient (Wildman–Crippen LogP) is 3.06. The van der Waals surface area contributed by atoms with Crippen molar-refractivity contribution < 1.29 is 14.3 Å². The van der Waals surface area contributed by atoms with Gasteiger partial charge in [0.25, 0.3) is 0 Å². The van der Waals surface area contributed by atoms with Crippen LogP contribution >= 0.6 is 0 Å². The molecule has 3 nitrogen and oxygen atoms in total. The lowest BCUT2D eigenvalue weighted by Gasteiger charge is -2.31. The molecule has 1 aliphatic heterocycles. The summed E-state index contributed by atoms with van der Waals surface area (Å²) in [6.45, 7) is 6.06. The Morgan fingerprint density at radius 3 is 2.71 bits per heavy atom. The van der Waals surface area contributed by atoms with Gasteiger partial charge in [-0.15, -0.1) is 0 Å². The van der Waals surface area contributed by atoms with Crippen molar-refractivity contribution in [2.24, 2.45) is 0 Å². The molecule has 0 N–H and O–H groups in total. The number of fused-ring (bicyclic) bond motifs is 1. The van der Waals surface area contributed by atoms with Gasteiger partial charge < -0.3 is 9.47 Å². The second-order valence-corrected chi connectivity index (χ2v) is 4.52. The van der Waals surface area contributed by atoms with Crippen LogP contribution in [0.2, 0.25) is 0 Å². The van der Waals surface area contributed by atoms with Crippen LogP contribution in [0.4, 0.5) is 0 Å². The number of hydrogen-bond donors (Lipinski definition) is 0. The van der Waals surface area contributed by atoms with Gasteiger partial charge in [-0.2, -0.15) is 0 Å². The molecule has 0 saturated carbocycles. The number of esters is 1. The molecule has 92 valence electrons. The Hall–Kier alpha value is -1.51. The standard InChI is InChI=1S/C14H18O3/c1-5-11-9(3)10-7-6-8(2)13(16-4)12(10)14(15)17-11/h6-7,9,11H,5H2,1-4H3/t9-,11+/m1/s1. The zero-order valence-electron chi connectivity index (χ0n) is 10.7. The number of hydrogen-bond acceptors (Lipinski definition) is 3. The molecule has 3 heteroatoms. The molecule has 2 atom stereocenters. The molecular weight excluding hydrogens is 216 g/mol. The number of carbonyl (C=O) groups excluding carboxylic acids is 1. The van der Waals surface area contributed by atoms with Gasteiger partial charge in [0, 0.05) is 5.92 Å². The molecule has 2 rings (SSSR count). The fourth-order valence-electron chi connectivity index (χ4n) is 2.49. The zero-order chi connectivity index (χ0) is 12.6. The summed E-state index contributed by atoms with van der Waals surface area (Å²) in [5.41, 5.74) is 2.60. The molecule has 0 amide bonds. The maximum absolute atomic E-state index is 12.0. The first kappa shape index (κ1) is 12.0. The second kappa shape index (κ2) is 4.40. The highest BCUT2D eigenvalue weighted by molar-refractivity contribution is 5.96. The van der Waals surface area contributed by atoms with Crippen LogP contribution in [-0.4, -0.2) is 19.2 Å². The van der Waals surface area contributed by atoms with Crippen LogP contribution in [0.25, 0.3) is 0 Å². The Morgan fingerprint density at radius 1 is 1.41 bits per heavy atom. The SMILES string of the molecule is CC[C@@H]1OC(=O)c2c(ccc(C)c2OC)[C@H]1C. The maximum atomic E-state index is 12.0. The van der Waals surface area contributed by atoms with Gasteiger partial charge in [0.15, 0.2) is 0 Å². The second-order valence-electron chi connectivity index (χ2n) is 4.52. The van der Waals surface area contributed by atoms with Crippen LogP contribution < -0.4 is 4.74 Å². The Balaban J connectivity index is 2.60. The average Bonchev–Trinajstić information content (AvgIpc) is 2.33. The van der Waals surface area contributed by atoms with E-state index in [0.29, 0.717) is 11.3 Å². The zero-order valence-corrected chi connectivity index (χ0v) is 10.7. The van der Waals surface area contributed by atoms with Crippen molar-refractivity contribution in [3.05, 3.63) is 28.8 Å². The molecule has 0 aromatic heterocycles. The molecule has 17 heavy (non-hydrogen) atoms. The van der Waals surface area contributed by atoms with Gasteiger partial charge in [0.1, 0.15) is 17.4 Å². The molecule has 1 heterocycles. The number of cyclic esters (lactones) is 1. The van der Waals surface area contributed by atoms with E-state index in [9.17, 15) is 4.79 Å². The molecule has 0 bridgehead atoms. The van der Waals surface area contributed by atoms with Gasteiger partial charge in [0.2, 0.25) is 0 Å². The van der Waals surface area contributed by atoms with Crippen LogP contribution in [0.15, 0.2) is 12.1 Å². The first-order chi connectivity index (χ1) is 8.10. The number of rotatable bonds is 2. The van der Waals surface area contributed by atoms with E-state index >= 15 is 0 Å². The lowest BCUT2D eigenvalue weighted by molar-refractivity contribution is 0.0176. The van der Waals surface area contributed by atoms with Crippen LogP contribution in [0.3, 0.4) is 0 Å². The van der Waals surface area contributed by atoms with E-state index in [1.54, 1.807) is 7.11 Å². The summed E-state index contributed by atoms with van der Waals surface area (Å²) in [7, 11) is 1.59. The predicted molar refractivity (Wildman–Crippen MR) is 65.6 cm³/mol. The molecule has 0 saturated heterocycles. The minimum atomic E-state index is -0.259. The molecule has 0 spiro atoms. The molecular formula is C14H18O3. The van der Waals surface area contributed by atoms with Gasteiger partial charge in [-0.25, -0.2) is 4.79 Å². The number of methoxy groups -OCH3 is 1. The summed E-state index contributed by atoms with van der Waals surface area (Å²) in [4.78, 5) is 12.0. The highest BCUT2D eigenvalue weighted by Crippen LogP contribution is 2.38. The summed E-state index contributed by atoms with van der Waals surface area (Å²) in [6.07, 6.45) is 0.810. The number of carbonyl (C=O) groups is 1. The molecule has 1 aliphatic rings. The minimum absolute atomic E-state index is 0.0255. The Labute approximate surface area is 102 Å². The van der Waals surface area contributed by atoms with Crippen LogP contribution in [0.1, 0.15) is 47.7 Å². The van der Waals surface area contributed by atoms with Gasteiger partial charge >= 0.3 is 5.97 Å². The molecule has 1 aromatic carbocycles. The molecule has 0 fully saturated rings. The van der Waals surface area contributed by atoms with Crippen molar-refractivity contribution in [3.8, 4) is 5.75 Å². The number of aryl methyl sites for hydroxylation is 1. The van der Waals surface area contributed by atoms with Crippen LogP contribution in [-0.2, 0) is 4.74 Å². The van der Waals surface area contributed by atoms with Gasteiger partial charge in [-0.3, -0.25) is 0 Å².